The molecule has 0 fully saturated rings. The first-order valence-corrected chi connectivity index (χ1v) is 5.58. The zero-order valence-electron chi connectivity index (χ0n) is 10.2. The summed E-state index contributed by atoms with van der Waals surface area (Å²) in [6.45, 7) is 2.04. The number of hydrogen-bond acceptors (Lipinski definition) is 5. The van der Waals surface area contributed by atoms with E-state index >= 15 is 0 Å². The first-order valence-electron chi connectivity index (χ1n) is 5.58. The van der Waals surface area contributed by atoms with E-state index in [0.717, 1.165) is 12.1 Å². The molecule has 5 nitrogen and oxygen atoms in total. The molecule has 0 saturated carbocycles. The number of hydrogen-bond donors (Lipinski definition) is 3. The quantitative estimate of drug-likeness (QED) is 0.582. The Morgan fingerprint density at radius 2 is 1.84 bits per heavy atom. The van der Waals surface area contributed by atoms with E-state index in [1.165, 1.54) is 6.07 Å². The molecule has 0 aliphatic rings. The predicted octanol–water partition coefficient (Wildman–Crippen LogP) is 1.96. The standard InChI is InChI=1S/C12H13F2N5/c1-7-17-11(5-12(18-7)19-15)16-6-8-2-3-9(13)10(14)4-8/h2-5H,6,15H2,1H3,(H2,16,17,18,19). The van der Waals surface area contributed by atoms with Gasteiger partial charge in [0.1, 0.15) is 17.5 Å². The molecule has 0 aliphatic heterocycles. The van der Waals surface area contributed by atoms with Crippen LogP contribution in [0.1, 0.15) is 11.4 Å². The monoisotopic (exact) mass is 265 g/mol. The lowest BCUT2D eigenvalue weighted by Crippen LogP contribution is -2.11. The first kappa shape index (κ1) is 13.2. The van der Waals surface area contributed by atoms with Gasteiger partial charge in [-0.05, 0) is 24.6 Å². The van der Waals surface area contributed by atoms with Gasteiger partial charge in [-0.2, -0.15) is 0 Å². The minimum atomic E-state index is -0.873. The van der Waals surface area contributed by atoms with Crippen LogP contribution in [-0.4, -0.2) is 9.97 Å². The Morgan fingerprint density at radius 1 is 1.11 bits per heavy atom. The van der Waals surface area contributed by atoms with Crippen molar-refractivity contribution in [3.8, 4) is 0 Å². The van der Waals surface area contributed by atoms with Crippen molar-refractivity contribution in [3.05, 3.63) is 47.3 Å². The van der Waals surface area contributed by atoms with Crippen LogP contribution in [0, 0.1) is 18.6 Å². The molecule has 100 valence electrons. The van der Waals surface area contributed by atoms with E-state index < -0.39 is 11.6 Å². The average molecular weight is 265 g/mol. The molecule has 2 aromatic rings. The fourth-order valence-corrected chi connectivity index (χ4v) is 1.57. The Labute approximate surface area is 108 Å². The summed E-state index contributed by atoms with van der Waals surface area (Å²) in [7, 11) is 0. The molecule has 1 aromatic carbocycles. The summed E-state index contributed by atoms with van der Waals surface area (Å²) in [6.07, 6.45) is 0. The molecule has 0 unspecified atom stereocenters. The highest BCUT2D eigenvalue weighted by Crippen LogP contribution is 2.13. The number of nitrogens with zero attached hydrogens (tertiary/aromatic N) is 2. The summed E-state index contributed by atoms with van der Waals surface area (Å²) in [5.74, 6) is 5.10. The van der Waals surface area contributed by atoms with Gasteiger partial charge in [-0.15, -0.1) is 0 Å². The van der Waals surface area contributed by atoms with Crippen molar-refractivity contribution < 1.29 is 8.78 Å². The van der Waals surface area contributed by atoms with Gasteiger partial charge >= 0.3 is 0 Å². The van der Waals surface area contributed by atoms with E-state index in [4.69, 9.17) is 5.84 Å². The molecule has 0 spiro atoms. The molecule has 19 heavy (non-hydrogen) atoms. The number of aromatic nitrogens is 2. The predicted molar refractivity (Wildman–Crippen MR) is 68.3 cm³/mol. The van der Waals surface area contributed by atoms with Gasteiger partial charge in [-0.3, -0.25) is 0 Å². The second-order valence-electron chi connectivity index (χ2n) is 3.93. The topological polar surface area (TPSA) is 75.9 Å². The van der Waals surface area contributed by atoms with Crippen LogP contribution in [-0.2, 0) is 6.54 Å². The van der Waals surface area contributed by atoms with Crippen molar-refractivity contribution in [3.63, 3.8) is 0 Å². The summed E-state index contributed by atoms with van der Waals surface area (Å²) in [6, 6.07) is 5.34. The van der Waals surface area contributed by atoms with Gasteiger partial charge in [-0.1, -0.05) is 6.07 Å². The number of hydrazine groups is 1. The van der Waals surface area contributed by atoms with Crippen molar-refractivity contribution in [2.75, 3.05) is 10.7 Å². The number of anilines is 2. The van der Waals surface area contributed by atoms with Crippen molar-refractivity contribution in [1.82, 2.24) is 9.97 Å². The summed E-state index contributed by atoms with van der Waals surface area (Å²) in [4.78, 5) is 8.19. The third-order valence-electron chi connectivity index (χ3n) is 2.44. The largest absolute Gasteiger partial charge is 0.366 e. The smallest absolute Gasteiger partial charge is 0.159 e. The van der Waals surface area contributed by atoms with Crippen LogP contribution in [0.2, 0.25) is 0 Å². The number of nitrogens with one attached hydrogen (secondary N) is 2. The highest BCUT2D eigenvalue weighted by Gasteiger charge is 2.04. The normalized spacial score (nSPS) is 10.3. The Morgan fingerprint density at radius 3 is 2.53 bits per heavy atom. The Balaban J connectivity index is 2.09. The van der Waals surface area contributed by atoms with Crippen molar-refractivity contribution in [1.29, 1.82) is 0 Å². The summed E-state index contributed by atoms with van der Waals surface area (Å²) in [5.41, 5.74) is 3.03. The third-order valence-corrected chi connectivity index (χ3v) is 2.44. The molecule has 1 aromatic heterocycles. The van der Waals surface area contributed by atoms with Crippen LogP contribution in [0.5, 0.6) is 0 Å². The zero-order valence-corrected chi connectivity index (χ0v) is 10.2. The van der Waals surface area contributed by atoms with Crippen molar-refractivity contribution in [2.24, 2.45) is 5.84 Å². The molecule has 4 N–H and O–H groups in total. The zero-order chi connectivity index (χ0) is 13.8. The fraction of sp³-hybridized carbons (Fsp3) is 0.167. The van der Waals surface area contributed by atoms with Gasteiger partial charge in [0.05, 0.1) is 0 Å². The number of rotatable bonds is 4. The number of nitrogen functional groups attached to an aromatic ring is 1. The SMILES string of the molecule is Cc1nc(NN)cc(NCc2ccc(F)c(F)c2)n1. The Hall–Kier alpha value is -2.28. The second kappa shape index (κ2) is 5.57. The van der Waals surface area contributed by atoms with Crippen LogP contribution in [0.15, 0.2) is 24.3 Å². The highest BCUT2D eigenvalue weighted by molar-refractivity contribution is 5.47. The van der Waals surface area contributed by atoms with Crippen LogP contribution >= 0.6 is 0 Å². The lowest BCUT2D eigenvalue weighted by molar-refractivity contribution is 0.507. The number of nitrogens with two attached hydrogens (primary N) is 1. The van der Waals surface area contributed by atoms with E-state index in [1.807, 2.05) is 0 Å². The van der Waals surface area contributed by atoms with Gasteiger partial charge in [0.2, 0.25) is 0 Å². The molecule has 1 heterocycles. The molecule has 0 aliphatic carbocycles. The molecule has 0 bridgehead atoms. The van der Waals surface area contributed by atoms with Crippen LogP contribution < -0.4 is 16.6 Å². The van der Waals surface area contributed by atoms with Crippen molar-refractivity contribution >= 4 is 11.6 Å². The minimum Gasteiger partial charge on any atom is -0.366 e. The Bertz CT molecular complexity index is 588. The van der Waals surface area contributed by atoms with Gasteiger partial charge in [0.25, 0.3) is 0 Å². The lowest BCUT2D eigenvalue weighted by Gasteiger charge is -2.08. The van der Waals surface area contributed by atoms with Gasteiger partial charge in [0, 0.05) is 12.6 Å². The lowest BCUT2D eigenvalue weighted by atomic mass is 10.2. The maximum Gasteiger partial charge on any atom is 0.159 e. The van der Waals surface area contributed by atoms with Crippen LogP contribution in [0.3, 0.4) is 0 Å². The summed E-state index contributed by atoms with van der Waals surface area (Å²) < 4.78 is 25.8. The molecule has 7 heteroatoms. The minimum absolute atomic E-state index is 0.317. The van der Waals surface area contributed by atoms with E-state index in [1.54, 1.807) is 13.0 Å². The van der Waals surface area contributed by atoms with E-state index in [9.17, 15) is 8.78 Å². The average Bonchev–Trinajstić information content (AvgIpc) is 2.39. The first-order chi connectivity index (χ1) is 9.08. The molecule has 0 radical (unpaired) electrons. The highest BCUT2D eigenvalue weighted by atomic mass is 19.2. The van der Waals surface area contributed by atoms with Gasteiger partial charge in [-0.25, -0.2) is 24.6 Å². The van der Waals surface area contributed by atoms with E-state index in [2.05, 4.69) is 20.7 Å². The van der Waals surface area contributed by atoms with Gasteiger partial charge < -0.3 is 10.7 Å². The molecule has 0 amide bonds. The van der Waals surface area contributed by atoms with E-state index in [-0.39, 0.29) is 0 Å². The van der Waals surface area contributed by atoms with Gasteiger partial charge in [0.15, 0.2) is 11.6 Å². The second-order valence-corrected chi connectivity index (χ2v) is 3.93. The maximum atomic E-state index is 13.0. The van der Waals surface area contributed by atoms with E-state index in [0.29, 0.717) is 29.6 Å². The number of aryl methyl sites for hydroxylation is 1. The number of halogens is 2. The molecule has 2 rings (SSSR count). The summed E-state index contributed by atoms with van der Waals surface area (Å²) in [5, 5.41) is 2.99. The summed E-state index contributed by atoms with van der Waals surface area (Å²) >= 11 is 0. The fourth-order valence-electron chi connectivity index (χ4n) is 1.57. The maximum absolute atomic E-state index is 13.0. The Kier molecular flexibility index (Phi) is 3.86. The third kappa shape index (κ3) is 3.35. The molecular weight excluding hydrogens is 252 g/mol. The molecule has 0 atom stereocenters. The molecule has 0 saturated heterocycles. The van der Waals surface area contributed by atoms with Crippen LogP contribution in [0.4, 0.5) is 20.4 Å². The number of benzene rings is 1. The van der Waals surface area contributed by atoms with Crippen molar-refractivity contribution in [2.45, 2.75) is 13.5 Å². The van der Waals surface area contributed by atoms with Crippen LogP contribution in [0.25, 0.3) is 0 Å². The molecular formula is C12H13F2N5.